The quantitative estimate of drug-likeness (QED) is 0.313. The molecule has 190 valence electrons. The maximum atomic E-state index is 13.3. The number of hydrogen-bond donors (Lipinski definition) is 0. The Labute approximate surface area is 207 Å². The lowest BCUT2D eigenvalue weighted by atomic mass is 9.32. The van der Waals surface area contributed by atoms with Crippen LogP contribution in [0.25, 0.3) is 0 Å². The van der Waals surface area contributed by atoms with E-state index in [9.17, 15) is 9.59 Å². The molecule has 3 heteroatoms. The number of hydrogen-bond acceptors (Lipinski definition) is 3. The lowest BCUT2D eigenvalue weighted by Crippen LogP contribution is -2.66. The standard InChI is InChI=1S/C31H48O3/c1-19(2)20-11-16-31(26(33)34-8)18-17-29(6)21(25(20)31)9-10-23-28(5)14-13-24(32)27(3,4)22(28)12-15-30(23,29)7/h20-23,25H,1,9-18H2,2-8H3/t20-,21+,22-,23?,25+,28?,29+,30+,31-/m0/s1. The highest BCUT2D eigenvalue weighted by atomic mass is 16.5. The molecule has 34 heavy (non-hydrogen) atoms. The van der Waals surface area contributed by atoms with Crippen LogP contribution in [0.15, 0.2) is 12.2 Å². The average Bonchev–Trinajstić information content (AvgIpc) is 3.18. The number of ketones is 1. The van der Waals surface area contributed by atoms with Crippen molar-refractivity contribution in [1.29, 1.82) is 0 Å². The van der Waals surface area contributed by atoms with Crippen LogP contribution in [0, 0.1) is 56.7 Å². The Morgan fingerprint density at radius 3 is 2.24 bits per heavy atom. The number of methoxy groups -OCH3 is 1. The van der Waals surface area contributed by atoms with Gasteiger partial charge >= 0.3 is 5.97 Å². The Morgan fingerprint density at radius 2 is 1.59 bits per heavy atom. The molecule has 0 aromatic carbocycles. The summed E-state index contributed by atoms with van der Waals surface area (Å²) in [6, 6.07) is 0. The fourth-order valence-corrected chi connectivity index (χ4v) is 11.5. The topological polar surface area (TPSA) is 43.4 Å². The van der Waals surface area contributed by atoms with Crippen molar-refractivity contribution in [2.75, 3.05) is 7.11 Å². The minimum Gasteiger partial charge on any atom is -0.469 e. The highest BCUT2D eigenvalue weighted by Crippen LogP contribution is 2.77. The second-order valence-corrected chi connectivity index (χ2v) is 14.5. The van der Waals surface area contributed by atoms with Crippen molar-refractivity contribution < 1.29 is 14.3 Å². The van der Waals surface area contributed by atoms with Crippen LogP contribution in [0.4, 0.5) is 0 Å². The van der Waals surface area contributed by atoms with E-state index in [1.54, 1.807) is 7.11 Å². The van der Waals surface area contributed by atoms with Crippen LogP contribution >= 0.6 is 0 Å². The fourth-order valence-electron chi connectivity index (χ4n) is 11.5. The molecule has 0 aromatic heterocycles. The molecule has 5 saturated carbocycles. The zero-order valence-corrected chi connectivity index (χ0v) is 22.9. The van der Waals surface area contributed by atoms with Gasteiger partial charge in [-0.3, -0.25) is 9.59 Å². The molecule has 0 heterocycles. The van der Waals surface area contributed by atoms with Crippen LogP contribution in [0.1, 0.15) is 106 Å². The molecule has 0 aromatic rings. The molecule has 0 spiro atoms. The summed E-state index contributed by atoms with van der Waals surface area (Å²) in [6.45, 7) is 18.8. The summed E-state index contributed by atoms with van der Waals surface area (Å²) in [7, 11) is 1.59. The summed E-state index contributed by atoms with van der Waals surface area (Å²) in [5, 5.41) is 0. The lowest BCUT2D eigenvalue weighted by molar-refractivity contribution is -0.235. The van der Waals surface area contributed by atoms with Gasteiger partial charge in [-0.25, -0.2) is 0 Å². The first-order chi connectivity index (χ1) is 15.8. The van der Waals surface area contributed by atoms with E-state index in [4.69, 9.17) is 4.74 Å². The number of ether oxygens (including phenoxy) is 1. The van der Waals surface area contributed by atoms with Crippen LogP contribution < -0.4 is 0 Å². The van der Waals surface area contributed by atoms with Crippen molar-refractivity contribution >= 4 is 11.8 Å². The van der Waals surface area contributed by atoms with Crippen LogP contribution in [-0.4, -0.2) is 18.9 Å². The SMILES string of the molecule is C=C(C)[C@@H]1CC[C@]2(C(=O)OC)CC[C@]3(C)[C@H](CCC4C5(C)CCC(=O)C(C)(C)[C@@H]5CC[C@]43C)[C@@H]12. The van der Waals surface area contributed by atoms with Crippen LogP contribution in [0.2, 0.25) is 0 Å². The number of rotatable bonds is 2. The van der Waals surface area contributed by atoms with Gasteiger partial charge in [-0.15, -0.1) is 0 Å². The zero-order chi connectivity index (χ0) is 24.9. The third kappa shape index (κ3) is 2.76. The van der Waals surface area contributed by atoms with E-state index in [2.05, 4.69) is 48.1 Å². The van der Waals surface area contributed by atoms with Crippen molar-refractivity contribution in [2.24, 2.45) is 56.7 Å². The maximum Gasteiger partial charge on any atom is 0.312 e. The minimum atomic E-state index is -0.313. The van der Waals surface area contributed by atoms with E-state index in [0.717, 1.165) is 38.5 Å². The fraction of sp³-hybridized carbons (Fsp3) is 0.871. The first kappa shape index (κ1) is 24.6. The van der Waals surface area contributed by atoms with Gasteiger partial charge in [-0.2, -0.15) is 0 Å². The average molecular weight is 469 g/mol. The number of carbonyl (C=O) groups excluding carboxylic acids is 2. The predicted octanol–water partition coefficient (Wildman–Crippen LogP) is 7.39. The molecule has 5 aliphatic rings. The molecule has 5 rings (SSSR count). The molecule has 5 fully saturated rings. The van der Waals surface area contributed by atoms with Crippen molar-refractivity contribution in [3.8, 4) is 0 Å². The Hall–Kier alpha value is -1.12. The highest BCUT2D eigenvalue weighted by molar-refractivity contribution is 5.85. The van der Waals surface area contributed by atoms with E-state index >= 15 is 0 Å². The summed E-state index contributed by atoms with van der Waals surface area (Å²) < 4.78 is 5.49. The summed E-state index contributed by atoms with van der Waals surface area (Å²) >= 11 is 0. The monoisotopic (exact) mass is 468 g/mol. The van der Waals surface area contributed by atoms with Gasteiger partial charge in [0, 0.05) is 11.8 Å². The number of fused-ring (bicyclic) bond motifs is 7. The number of carbonyl (C=O) groups is 2. The largest absolute Gasteiger partial charge is 0.469 e. The number of esters is 1. The molecule has 3 nitrogen and oxygen atoms in total. The molecular weight excluding hydrogens is 420 g/mol. The zero-order valence-electron chi connectivity index (χ0n) is 22.9. The predicted molar refractivity (Wildman–Crippen MR) is 136 cm³/mol. The molecule has 0 radical (unpaired) electrons. The van der Waals surface area contributed by atoms with Crippen molar-refractivity contribution in [1.82, 2.24) is 0 Å². The van der Waals surface area contributed by atoms with Crippen LogP contribution in [-0.2, 0) is 14.3 Å². The normalized spacial score (nSPS) is 51.5. The first-order valence-corrected chi connectivity index (χ1v) is 14.1. The molecule has 0 saturated heterocycles. The summed E-state index contributed by atoms with van der Waals surface area (Å²) in [5.41, 5.74) is 1.45. The minimum absolute atomic E-state index is 0.0405. The van der Waals surface area contributed by atoms with E-state index in [0.29, 0.717) is 35.4 Å². The van der Waals surface area contributed by atoms with E-state index < -0.39 is 0 Å². The Balaban J connectivity index is 1.57. The van der Waals surface area contributed by atoms with Crippen LogP contribution in [0.3, 0.4) is 0 Å². The Bertz CT molecular complexity index is 918. The second kappa shape index (κ2) is 7.45. The molecule has 5 aliphatic carbocycles. The van der Waals surface area contributed by atoms with E-state index in [1.165, 1.54) is 31.3 Å². The number of Topliss-reactive ketones (excluding diaryl/α,β-unsaturated/α-hetero) is 1. The van der Waals surface area contributed by atoms with Gasteiger partial charge in [-0.05, 0) is 111 Å². The molecular formula is C31H48O3. The summed E-state index contributed by atoms with van der Waals surface area (Å²) in [5.74, 6) is 3.01. The summed E-state index contributed by atoms with van der Waals surface area (Å²) in [6.07, 6.45) is 10.8. The summed E-state index contributed by atoms with van der Waals surface area (Å²) in [4.78, 5) is 26.3. The van der Waals surface area contributed by atoms with Crippen molar-refractivity contribution in [3.63, 3.8) is 0 Å². The molecule has 0 N–H and O–H groups in total. The van der Waals surface area contributed by atoms with Gasteiger partial charge in [0.25, 0.3) is 0 Å². The van der Waals surface area contributed by atoms with E-state index in [-0.39, 0.29) is 33.0 Å². The molecule has 0 aliphatic heterocycles. The van der Waals surface area contributed by atoms with Gasteiger partial charge in [0.2, 0.25) is 0 Å². The van der Waals surface area contributed by atoms with Gasteiger partial charge < -0.3 is 4.74 Å². The third-order valence-electron chi connectivity index (χ3n) is 13.4. The van der Waals surface area contributed by atoms with Crippen molar-refractivity contribution in [2.45, 2.75) is 106 Å². The Morgan fingerprint density at radius 1 is 0.882 bits per heavy atom. The molecule has 9 atom stereocenters. The highest BCUT2D eigenvalue weighted by Gasteiger charge is 2.72. The van der Waals surface area contributed by atoms with Gasteiger partial charge in [0.1, 0.15) is 5.78 Å². The van der Waals surface area contributed by atoms with E-state index in [1.807, 2.05) is 0 Å². The van der Waals surface area contributed by atoms with Gasteiger partial charge in [-0.1, -0.05) is 46.8 Å². The third-order valence-corrected chi connectivity index (χ3v) is 13.4. The smallest absolute Gasteiger partial charge is 0.312 e. The lowest BCUT2D eigenvalue weighted by Gasteiger charge is -2.72. The maximum absolute atomic E-state index is 13.3. The van der Waals surface area contributed by atoms with Gasteiger partial charge in [0.05, 0.1) is 12.5 Å². The first-order valence-electron chi connectivity index (χ1n) is 14.1. The van der Waals surface area contributed by atoms with Gasteiger partial charge in [0.15, 0.2) is 0 Å². The molecule has 2 unspecified atom stereocenters. The molecule has 0 bridgehead atoms. The molecule has 0 amide bonds. The second-order valence-electron chi connectivity index (χ2n) is 14.5. The van der Waals surface area contributed by atoms with Crippen LogP contribution in [0.5, 0.6) is 0 Å². The van der Waals surface area contributed by atoms with Crippen molar-refractivity contribution in [3.05, 3.63) is 12.2 Å². The number of allylic oxidation sites excluding steroid dienone is 1. The Kier molecular flexibility index (Phi) is 5.38.